The van der Waals surface area contributed by atoms with E-state index in [-0.39, 0.29) is 0 Å². The van der Waals surface area contributed by atoms with Crippen LogP contribution in [-0.4, -0.2) is 11.0 Å². The average Bonchev–Trinajstić information content (AvgIpc) is 2.52. The molecule has 1 amide bonds. The fourth-order valence-corrected chi connectivity index (χ4v) is 2.29. The molecule has 2 aromatic carbocycles. The van der Waals surface area contributed by atoms with E-state index in [9.17, 15) is 40.6 Å². The van der Waals surface area contributed by atoms with Gasteiger partial charge in [0, 0.05) is 0 Å². The minimum absolute atomic E-state index is 0.598. The number of benzene rings is 2. The van der Waals surface area contributed by atoms with Crippen LogP contribution in [0.2, 0.25) is 0 Å². The van der Waals surface area contributed by atoms with E-state index in [1.807, 2.05) is 0 Å². The molecular formula is C15H8F7NO2. The van der Waals surface area contributed by atoms with Crippen LogP contribution in [0.3, 0.4) is 0 Å². The topological polar surface area (TPSA) is 63.3 Å². The Kier molecular flexibility index (Phi) is 4.51. The molecule has 0 aliphatic rings. The quantitative estimate of drug-likeness (QED) is 0.647. The van der Waals surface area contributed by atoms with Crippen molar-refractivity contribution < 1.29 is 40.6 Å². The van der Waals surface area contributed by atoms with Crippen molar-refractivity contribution in [3.05, 3.63) is 70.3 Å². The van der Waals surface area contributed by atoms with Crippen LogP contribution in [-0.2, 0) is 16.6 Å². The molecule has 0 saturated heterocycles. The van der Waals surface area contributed by atoms with Crippen molar-refractivity contribution in [2.75, 3.05) is 0 Å². The second-order valence-corrected chi connectivity index (χ2v) is 4.94. The standard InChI is InChI=1S/C15H8F7NO2/c16-9-7(10(17)12(19)8(11(9)18)15(20,21)22)14(25,13(23)24)6-4-2-1-3-5-6/h1-5,25H,(H2,23,24). The molecule has 134 valence electrons. The van der Waals surface area contributed by atoms with E-state index >= 15 is 0 Å². The molecule has 1 unspecified atom stereocenters. The molecule has 3 N–H and O–H groups in total. The number of amides is 1. The smallest absolute Gasteiger partial charge is 0.372 e. The highest BCUT2D eigenvalue weighted by molar-refractivity contribution is 5.88. The highest BCUT2D eigenvalue weighted by atomic mass is 19.4. The van der Waals surface area contributed by atoms with Crippen molar-refractivity contribution in [3.63, 3.8) is 0 Å². The lowest BCUT2D eigenvalue weighted by molar-refractivity contribution is -0.143. The minimum Gasteiger partial charge on any atom is -0.372 e. The molecule has 0 fully saturated rings. The van der Waals surface area contributed by atoms with E-state index in [2.05, 4.69) is 0 Å². The van der Waals surface area contributed by atoms with Gasteiger partial charge in [-0.05, 0) is 5.56 Å². The molecule has 2 aromatic rings. The van der Waals surface area contributed by atoms with E-state index in [1.165, 1.54) is 18.2 Å². The lowest BCUT2D eigenvalue weighted by atomic mass is 9.84. The number of hydrogen-bond acceptors (Lipinski definition) is 2. The highest BCUT2D eigenvalue weighted by Crippen LogP contribution is 2.41. The van der Waals surface area contributed by atoms with E-state index in [0.717, 1.165) is 12.1 Å². The molecule has 0 heterocycles. The summed E-state index contributed by atoms with van der Waals surface area (Å²) in [5, 5.41) is 10.4. The van der Waals surface area contributed by atoms with Gasteiger partial charge in [0.1, 0.15) is 5.56 Å². The molecule has 1 atom stereocenters. The predicted octanol–water partition coefficient (Wildman–Crippen LogP) is 2.98. The molecular weight excluding hydrogens is 359 g/mol. The van der Waals surface area contributed by atoms with Crippen LogP contribution in [0.5, 0.6) is 0 Å². The van der Waals surface area contributed by atoms with Crippen LogP contribution in [0.4, 0.5) is 30.7 Å². The summed E-state index contributed by atoms with van der Waals surface area (Å²) in [6.07, 6.45) is -5.76. The number of carbonyl (C=O) groups is 1. The van der Waals surface area contributed by atoms with Gasteiger partial charge in [0.25, 0.3) is 5.91 Å². The maximum Gasteiger partial charge on any atom is 0.422 e. The van der Waals surface area contributed by atoms with Crippen molar-refractivity contribution >= 4 is 5.91 Å². The van der Waals surface area contributed by atoms with Crippen LogP contribution >= 0.6 is 0 Å². The van der Waals surface area contributed by atoms with E-state index in [0.29, 0.717) is 0 Å². The summed E-state index contributed by atoms with van der Waals surface area (Å²) in [6.45, 7) is 0. The van der Waals surface area contributed by atoms with Gasteiger partial charge in [-0.2, -0.15) is 13.2 Å². The average molecular weight is 367 g/mol. The summed E-state index contributed by atoms with van der Waals surface area (Å²) in [6, 6.07) is 5.63. The Morgan fingerprint density at radius 2 is 1.24 bits per heavy atom. The monoisotopic (exact) mass is 367 g/mol. The number of rotatable bonds is 3. The second kappa shape index (κ2) is 6.03. The highest BCUT2D eigenvalue weighted by Gasteiger charge is 2.49. The number of nitrogens with two attached hydrogens (primary N) is 1. The second-order valence-electron chi connectivity index (χ2n) is 4.94. The molecule has 25 heavy (non-hydrogen) atoms. The maximum atomic E-state index is 14.1. The Bertz CT molecular complexity index is 807. The van der Waals surface area contributed by atoms with E-state index in [1.54, 1.807) is 0 Å². The normalized spacial score (nSPS) is 14.2. The zero-order valence-corrected chi connectivity index (χ0v) is 12.0. The zero-order chi connectivity index (χ0) is 19.2. The zero-order valence-electron chi connectivity index (χ0n) is 12.0. The Morgan fingerprint density at radius 3 is 1.60 bits per heavy atom. The van der Waals surface area contributed by atoms with Gasteiger partial charge < -0.3 is 10.8 Å². The Labute approximate surface area is 135 Å². The first-order chi connectivity index (χ1) is 11.4. The van der Waals surface area contributed by atoms with Crippen molar-refractivity contribution in [3.8, 4) is 0 Å². The van der Waals surface area contributed by atoms with Gasteiger partial charge in [-0.1, -0.05) is 30.3 Å². The summed E-state index contributed by atoms with van der Waals surface area (Å²) >= 11 is 0. The summed E-state index contributed by atoms with van der Waals surface area (Å²) in [7, 11) is 0. The van der Waals surface area contributed by atoms with Crippen molar-refractivity contribution in [1.82, 2.24) is 0 Å². The fraction of sp³-hybridized carbons (Fsp3) is 0.133. The molecule has 3 nitrogen and oxygen atoms in total. The van der Waals surface area contributed by atoms with Gasteiger partial charge in [-0.25, -0.2) is 17.6 Å². The lowest BCUT2D eigenvalue weighted by Gasteiger charge is -2.27. The number of hydrogen-bond donors (Lipinski definition) is 2. The number of halogens is 7. The van der Waals surface area contributed by atoms with Crippen LogP contribution in [0.25, 0.3) is 0 Å². The molecule has 0 saturated carbocycles. The minimum atomic E-state index is -5.76. The number of alkyl halides is 3. The van der Waals surface area contributed by atoms with Crippen LogP contribution in [0, 0.1) is 23.3 Å². The summed E-state index contributed by atoms with van der Waals surface area (Å²) < 4.78 is 93.6. The van der Waals surface area contributed by atoms with E-state index < -0.39 is 57.6 Å². The van der Waals surface area contributed by atoms with Crippen LogP contribution in [0.1, 0.15) is 16.7 Å². The molecule has 0 aromatic heterocycles. The van der Waals surface area contributed by atoms with Crippen LogP contribution < -0.4 is 5.73 Å². The number of primary amides is 1. The molecule has 0 spiro atoms. The van der Waals surface area contributed by atoms with Crippen molar-refractivity contribution in [2.45, 2.75) is 11.8 Å². The van der Waals surface area contributed by atoms with Crippen molar-refractivity contribution in [1.29, 1.82) is 0 Å². The van der Waals surface area contributed by atoms with Crippen molar-refractivity contribution in [2.24, 2.45) is 5.73 Å². The molecule has 0 bridgehead atoms. The summed E-state index contributed by atoms with van der Waals surface area (Å²) in [5.74, 6) is -12.6. The Morgan fingerprint density at radius 1 is 0.840 bits per heavy atom. The number of aliphatic hydroxyl groups is 1. The van der Waals surface area contributed by atoms with Gasteiger partial charge >= 0.3 is 6.18 Å². The first kappa shape index (κ1) is 18.7. The molecule has 0 radical (unpaired) electrons. The third-order valence-electron chi connectivity index (χ3n) is 3.46. The molecule has 0 aliphatic carbocycles. The Hall–Kier alpha value is -2.62. The van der Waals surface area contributed by atoms with Gasteiger partial charge in [-0.15, -0.1) is 0 Å². The van der Waals surface area contributed by atoms with Gasteiger partial charge in [0.15, 0.2) is 28.9 Å². The maximum absolute atomic E-state index is 14.1. The summed E-state index contributed by atoms with van der Waals surface area (Å²) in [5.41, 5.74) is -3.94. The predicted molar refractivity (Wildman–Crippen MR) is 69.9 cm³/mol. The van der Waals surface area contributed by atoms with E-state index in [4.69, 9.17) is 5.73 Å². The third-order valence-corrected chi connectivity index (χ3v) is 3.46. The van der Waals surface area contributed by atoms with Crippen LogP contribution in [0.15, 0.2) is 30.3 Å². The lowest BCUT2D eigenvalue weighted by Crippen LogP contribution is -2.44. The third kappa shape index (κ3) is 2.82. The first-order valence-electron chi connectivity index (χ1n) is 6.45. The van der Waals surface area contributed by atoms with Gasteiger partial charge in [0.05, 0.1) is 5.56 Å². The van der Waals surface area contributed by atoms with Gasteiger partial charge in [-0.3, -0.25) is 4.79 Å². The summed E-state index contributed by atoms with van der Waals surface area (Å²) in [4.78, 5) is 11.6. The van der Waals surface area contributed by atoms with Gasteiger partial charge in [0.2, 0.25) is 0 Å². The number of carbonyl (C=O) groups excluding carboxylic acids is 1. The largest absolute Gasteiger partial charge is 0.422 e. The SMILES string of the molecule is NC(=O)C(O)(c1ccccc1)c1c(F)c(F)c(C(F)(F)F)c(F)c1F. The molecule has 10 heteroatoms. The first-order valence-corrected chi connectivity index (χ1v) is 6.45. The fourth-order valence-electron chi connectivity index (χ4n) is 2.29. The Balaban J connectivity index is 2.93. The molecule has 2 rings (SSSR count). The molecule has 0 aliphatic heterocycles.